The topological polar surface area (TPSA) is 117 Å². The number of likely N-dealkylation sites (N-methyl/N-ethyl adjacent to an activating group) is 1. The van der Waals surface area contributed by atoms with E-state index in [2.05, 4.69) is 10.6 Å². The number of nitrogens with zero attached hydrogens (tertiary/aromatic N) is 2. The van der Waals surface area contributed by atoms with Gasteiger partial charge in [0.15, 0.2) is 0 Å². The van der Waals surface area contributed by atoms with Crippen molar-refractivity contribution in [1.29, 1.82) is 0 Å². The van der Waals surface area contributed by atoms with Gasteiger partial charge in [0.1, 0.15) is 6.67 Å². The van der Waals surface area contributed by atoms with Crippen LogP contribution < -0.4 is 10.6 Å². The number of methoxy groups -OCH3 is 2. The van der Waals surface area contributed by atoms with Gasteiger partial charge in [-0.1, -0.05) is 27.2 Å². The molecule has 10 nitrogen and oxygen atoms in total. The molecular formula is C24H43FN4O6. The van der Waals surface area contributed by atoms with Gasteiger partial charge in [-0.05, 0) is 18.8 Å². The fraction of sp³-hybridized carbons (Fsp3) is 0.833. The number of hydrogen-bond donors (Lipinski definition) is 2. The van der Waals surface area contributed by atoms with Crippen molar-refractivity contribution in [1.82, 2.24) is 20.4 Å². The lowest BCUT2D eigenvalue weighted by Crippen LogP contribution is -2.54. The molecule has 0 spiro atoms. The predicted molar refractivity (Wildman–Crippen MR) is 129 cm³/mol. The van der Waals surface area contributed by atoms with Gasteiger partial charge in [0, 0.05) is 34.4 Å². The van der Waals surface area contributed by atoms with Crippen LogP contribution in [0.1, 0.15) is 46.5 Å². The van der Waals surface area contributed by atoms with Gasteiger partial charge in [-0.3, -0.25) is 19.2 Å². The second kappa shape index (κ2) is 15.7. The second-order valence-corrected chi connectivity index (χ2v) is 9.12. The molecule has 1 saturated heterocycles. The Balaban J connectivity index is 3.03. The molecule has 35 heavy (non-hydrogen) atoms. The third-order valence-corrected chi connectivity index (χ3v) is 7.03. The van der Waals surface area contributed by atoms with Crippen LogP contribution in [0.2, 0.25) is 0 Å². The minimum Gasteiger partial charge on any atom is -0.379 e. The first-order valence-corrected chi connectivity index (χ1v) is 12.3. The molecule has 0 bridgehead atoms. The van der Waals surface area contributed by atoms with E-state index in [1.807, 2.05) is 13.8 Å². The van der Waals surface area contributed by atoms with E-state index in [9.17, 15) is 23.6 Å². The highest BCUT2D eigenvalue weighted by Gasteiger charge is 2.41. The minimum atomic E-state index is -0.651. The van der Waals surface area contributed by atoms with Gasteiger partial charge >= 0.3 is 0 Å². The summed E-state index contributed by atoms with van der Waals surface area (Å²) in [5.41, 5.74) is 0. The number of likely N-dealkylation sites (tertiary alicyclic amines) is 1. The summed E-state index contributed by atoms with van der Waals surface area (Å²) in [6.07, 6.45) is 1.66. The molecular weight excluding hydrogens is 459 g/mol. The highest BCUT2D eigenvalue weighted by atomic mass is 19.1. The lowest BCUT2D eigenvalue weighted by atomic mass is 9.90. The SMILES string of the molecule is CCC(C)C(C(CC(=O)N1CCCC1C(OC)C(C)C(=O)NCCF)OC)N(C)C(=O)CNC=O. The lowest BCUT2D eigenvalue weighted by molar-refractivity contribution is -0.145. The largest absolute Gasteiger partial charge is 0.379 e. The highest BCUT2D eigenvalue weighted by Crippen LogP contribution is 2.29. The molecule has 0 aliphatic carbocycles. The number of hydrogen-bond acceptors (Lipinski definition) is 6. The van der Waals surface area contributed by atoms with Crippen LogP contribution >= 0.6 is 0 Å². The molecule has 11 heteroatoms. The van der Waals surface area contributed by atoms with Gasteiger partial charge < -0.3 is 29.9 Å². The van der Waals surface area contributed by atoms with Crippen molar-refractivity contribution >= 4 is 24.1 Å². The Morgan fingerprint density at radius 1 is 1.23 bits per heavy atom. The van der Waals surface area contributed by atoms with Crippen LogP contribution in [0, 0.1) is 11.8 Å². The van der Waals surface area contributed by atoms with Crippen molar-refractivity contribution in [3.8, 4) is 0 Å². The van der Waals surface area contributed by atoms with Crippen LogP contribution in [0.3, 0.4) is 0 Å². The summed E-state index contributed by atoms with van der Waals surface area (Å²) in [4.78, 5) is 52.4. The van der Waals surface area contributed by atoms with Gasteiger partial charge in [0.25, 0.3) is 0 Å². The number of ether oxygens (including phenoxy) is 2. The molecule has 1 aliphatic heterocycles. The summed E-state index contributed by atoms with van der Waals surface area (Å²) in [5.74, 6) is -1.26. The summed E-state index contributed by atoms with van der Waals surface area (Å²) < 4.78 is 23.9. The molecule has 4 amide bonds. The Bertz CT molecular complexity index is 697. The fourth-order valence-electron chi connectivity index (χ4n) is 4.91. The van der Waals surface area contributed by atoms with E-state index in [1.54, 1.807) is 23.8 Å². The van der Waals surface area contributed by atoms with E-state index in [1.165, 1.54) is 14.2 Å². The smallest absolute Gasteiger partial charge is 0.242 e. The van der Waals surface area contributed by atoms with Crippen molar-refractivity contribution in [2.75, 3.05) is 47.6 Å². The van der Waals surface area contributed by atoms with Crippen LogP contribution in [0.25, 0.3) is 0 Å². The third kappa shape index (κ3) is 8.42. The first kappa shape index (κ1) is 30.8. The average molecular weight is 503 g/mol. The first-order valence-electron chi connectivity index (χ1n) is 12.3. The fourth-order valence-corrected chi connectivity index (χ4v) is 4.91. The molecule has 1 aliphatic rings. The number of halogens is 1. The molecule has 1 fully saturated rings. The second-order valence-electron chi connectivity index (χ2n) is 9.12. The normalized spacial score (nSPS) is 19.9. The molecule has 1 rings (SSSR count). The number of alkyl halides is 1. The van der Waals surface area contributed by atoms with Gasteiger partial charge in [0.2, 0.25) is 24.1 Å². The van der Waals surface area contributed by atoms with Gasteiger partial charge in [-0.15, -0.1) is 0 Å². The quantitative estimate of drug-likeness (QED) is 0.301. The Morgan fingerprint density at radius 2 is 1.91 bits per heavy atom. The monoisotopic (exact) mass is 502 g/mol. The zero-order chi connectivity index (χ0) is 26.5. The third-order valence-electron chi connectivity index (χ3n) is 7.03. The lowest BCUT2D eigenvalue weighted by Gasteiger charge is -2.39. The Kier molecular flexibility index (Phi) is 13.8. The molecule has 6 atom stereocenters. The van der Waals surface area contributed by atoms with E-state index in [-0.39, 0.29) is 55.2 Å². The maximum absolute atomic E-state index is 13.5. The van der Waals surface area contributed by atoms with Gasteiger partial charge in [0.05, 0.1) is 43.2 Å². The van der Waals surface area contributed by atoms with Crippen molar-refractivity contribution < 1.29 is 33.0 Å². The number of carbonyl (C=O) groups is 4. The number of rotatable bonds is 16. The number of amides is 4. The summed E-state index contributed by atoms with van der Waals surface area (Å²) in [6.45, 7) is 5.40. The summed E-state index contributed by atoms with van der Waals surface area (Å²) in [5, 5.41) is 4.93. The first-order chi connectivity index (χ1) is 16.7. The summed E-state index contributed by atoms with van der Waals surface area (Å²) >= 11 is 0. The van der Waals surface area contributed by atoms with Crippen LogP contribution in [-0.4, -0.2) is 106 Å². The minimum absolute atomic E-state index is 0.0400. The Labute approximate surface area is 208 Å². The highest BCUT2D eigenvalue weighted by molar-refractivity contribution is 5.81. The van der Waals surface area contributed by atoms with E-state index in [0.29, 0.717) is 19.4 Å². The maximum Gasteiger partial charge on any atom is 0.242 e. The van der Waals surface area contributed by atoms with E-state index >= 15 is 0 Å². The molecule has 0 saturated carbocycles. The van der Waals surface area contributed by atoms with Crippen LogP contribution in [0.15, 0.2) is 0 Å². The molecule has 202 valence electrons. The summed E-state index contributed by atoms with van der Waals surface area (Å²) in [7, 11) is 4.68. The zero-order valence-corrected chi connectivity index (χ0v) is 21.9. The molecule has 6 unspecified atom stereocenters. The van der Waals surface area contributed by atoms with Crippen LogP contribution in [0.4, 0.5) is 4.39 Å². The van der Waals surface area contributed by atoms with Crippen molar-refractivity contribution in [2.24, 2.45) is 11.8 Å². The van der Waals surface area contributed by atoms with E-state index in [0.717, 1.165) is 12.8 Å². The summed E-state index contributed by atoms with van der Waals surface area (Å²) in [6, 6.07) is -0.672. The predicted octanol–water partition coefficient (Wildman–Crippen LogP) is 0.738. The van der Waals surface area contributed by atoms with Crippen LogP contribution in [-0.2, 0) is 28.7 Å². The molecule has 2 N–H and O–H groups in total. The average Bonchev–Trinajstić information content (AvgIpc) is 3.34. The van der Waals surface area contributed by atoms with Gasteiger partial charge in [-0.2, -0.15) is 0 Å². The Morgan fingerprint density at radius 3 is 2.46 bits per heavy atom. The molecule has 0 radical (unpaired) electrons. The molecule has 1 heterocycles. The van der Waals surface area contributed by atoms with Crippen molar-refractivity contribution in [3.05, 3.63) is 0 Å². The number of carbonyl (C=O) groups excluding carboxylic acids is 4. The van der Waals surface area contributed by atoms with Crippen molar-refractivity contribution in [3.63, 3.8) is 0 Å². The zero-order valence-electron chi connectivity index (χ0n) is 21.9. The van der Waals surface area contributed by atoms with E-state index < -0.39 is 24.8 Å². The number of nitrogens with one attached hydrogen (secondary N) is 2. The van der Waals surface area contributed by atoms with Crippen molar-refractivity contribution in [2.45, 2.75) is 70.7 Å². The standard InChI is InChI=1S/C24H43FN4O6/c1-7-16(2)22(28(4)21(32)14-26-15-30)19(34-5)13-20(31)29-12-8-9-18(29)23(35-6)17(3)24(33)27-11-10-25/h15-19,22-23H,7-14H2,1-6H3,(H,26,30)(H,27,33). The van der Waals surface area contributed by atoms with E-state index in [4.69, 9.17) is 9.47 Å². The molecule has 0 aromatic carbocycles. The maximum atomic E-state index is 13.5. The van der Waals surface area contributed by atoms with Crippen LogP contribution in [0.5, 0.6) is 0 Å². The molecule has 0 aromatic heterocycles. The van der Waals surface area contributed by atoms with Gasteiger partial charge in [-0.25, -0.2) is 4.39 Å². The Hall–Kier alpha value is -2.27. The molecule has 0 aromatic rings.